The van der Waals surface area contributed by atoms with Gasteiger partial charge in [-0.15, -0.1) is 0 Å². The first-order valence-corrected chi connectivity index (χ1v) is 17.3. The van der Waals surface area contributed by atoms with Gasteiger partial charge in [0.1, 0.15) is 12.2 Å². The summed E-state index contributed by atoms with van der Waals surface area (Å²) in [4.78, 5) is 2.13. The summed E-state index contributed by atoms with van der Waals surface area (Å²) in [6.07, 6.45) is 1.47. The molecule has 0 aliphatic carbocycles. The van der Waals surface area contributed by atoms with Gasteiger partial charge in [0.15, 0.2) is 0 Å². The first-order chi connectivity index (χ1) is 20.7. The minimum atomic E-state index is -4.50. The molecule has 0 N–H and O–H groups in total. The van der Waals surface area contributed by atoms with Crippen LogP contribution in [-0.2, 0) is 42.9 Å². The predicted molar refractivity (Wildman–Crippen MR) is 163 cm³/mol. The van der Waals surface area contributed by atoms with E-state index in [4.69, 9.17) is 18.1 Å². The molecule has 0 spiro atoms. The van der Waals surface area contributed by atoms with Crippen LogP contribution in [0, 0.1) is 20.8 Å². The Bertz CT molecular complexity index is 1850. The van der Waals surface area contributed by atoms with E-state index in [1.54, 1.807) is 57.2 Å². The second kappa shape index (κ2) is 15.3. The highest BCUT2D eigenvalue weighted by Gasteiger charge is 2.31. The standard InChI is InChI=1S/C29H31N3O9S3/c1-22-8-14-25(15-9-22)42(33,34)39-21-5-7-29(41-44(37,38)27-18-12-24(3)13-19-27)28(6-4-20-31-32-30)40-43(35,36)26-16-10-23(2)11-17-26/h4-19,28-29H,20-21H2,1-3H3/b6-4+,7-5+/t28-,29-/m1/s1. The lowest BCUT2D eigenvalue weighted by molar-refractivity contribution is 0.124. The molecule has 0 amide bonds. The fourth-order valence-corrected chi connectivity index (χ4v) is 6.53. The van der Waals surface area contributed by atoms with E-state index in [1.165, 1.54) is 48.6 Å². The van der Waals surface area contributed by atoms with Crippen LogP contribution in [0.3, 0.4) is 0 Å². The van der Waals surface area contributed by atoms with Gasteiger partial charge in [-0.2, -0.15) is 25.3 Å². The molecule has 3 rings (SSSR count). The van der Waals surface area contributed by atoms with E-state index in [-0.39, 0.29) is 21.2 Å². The van der Waals surface area contributed by atoms with Crippen molar-refractivity contribution in [3.05, 3.63) is 124 Å². The summed E-state index contributed by atoms with van der Waals surface area (Å²) in [6.45, 7) is 4.58. The molecule has 44 heavy (non-hydrogen) atoms. The maximum absolute atomic E-state index is 13.2. The molecular formula is C29H31N3O9S3. The minimum Gasteiger partial charge on any atom is -0.262 e. The van der Waals surface area contributed by atoms with Gasteiger partial charge >= 0.3 is 0 Å². The molecule has 0 saturated carbocycles. The molecule has 2 atom stereocenters. The first-order valence-electron chi connectivity index (χ1n) is 13.0. The first kappa shape index (κ1) is 34.7. The van der Waals surface area contributed by atoms with Crippen molar-refractivity contribution in [3.63, 3.8) is 0 Å². The maximum atomic E-state index is 13.2. The van der Waals surface area contributed by atoms with Gasteiger partial charge in [0.05, 0.1) is 21.3 Å². The summed E-state index contributed by atoms with van der Waals surface area (Å²) in [5.74, 6) is 0. The highest BCUT2D eigenvalue weighted by molar-refractivity contribution is 7.87. The molecule has 3 aromatic carbocycles. The average Bonchev–Trinajstić information content (AvgIpc) is 2.97. The van der Waals surface area contributed by atoms with Crippen molar-refractivity contribution in [2.24, 2.45) is 5.11 Å². The molecule has 0 unspecified atom stereocenters. The fraction of sp³-hybridized carbons (Fsp3) is 0.241. The minimum absolute atomic E-state index is 0.0855. The van der Waals surface area contributed by atoms with Crippen molar-refractivity contribution < 1.29 is 37.8 Å². The lowest BCUT2D eigenvalue weighted by Crippen LogP contribution is -2.33. The van der Waals surface area contributed by atoms with Crippen molar-refractivity contribution in [1.82, 2.24) is 0 Å². The van der Waals surface area contributed by atoms with Crippen LogP contribution in [0.5, 0.6) is 0 Å². The summed E-state index contributed by atoms with van der Waals surface area (Å²) < 4.78 is 94.0. The van der Waals surface area contributed by atoms with Gasteiger partial charge in [-0.05, 0) is 62.7 Å². The highest BCUT2D eigenvalue weighted by atomic mass is 32.2. The average molecular weight is 662 g/mol. The van der Waals surface area contributed by atoms with Crippen molar-refractivity contribution in [1.29, 1.82) is 0 Å². The quantitative estimate of drug-likeness (QED) is 0.0688. The number of azide groups is 1. The Hall–Kier alpha value is -3.82. The van der Waals surface area contributed by atoms with Crippen LogP contribution in [0.25, 0.3) is 10.4 Å². The molecule has 0 saturated heterocycles. The van der Waals surface area contributed by atoms with Gasteiger partial charge in [0.2, 0.25) is 0 Å². The van der Waals surface area contributed by atoms with Crippen LogP contribution in [-0.4, -0.2) is 50.6 Å². The third kappa shape index (κ3) is 10.1. The largest absolute Gasteiger partial charge is 0.297 e. The molecule has 0 aliphatic rings. The molecule has 0 fully saturated rings. The Balaban J connectivity index is 1.98. The zero-order chi connectivity index (χ0) is 32.4. The zero-order valence-electron chi connectivity index (χ0n) is 24.0. The highest BCUT2D eigenvalue weighted by Crippen LogP contribution is 2.23. The summed E-state index contributed by atoms with van der Waals surface area (Å²) in [6, 6.07) is 17.5. The molecule has 0 heterocycles. The lowest BCUT2D eigenvalue weighted by Gasteiger charge is -2.22. The van der Waals surface area contributed by atoms with Crippen LogP contribution in [0.2, 0.25) is 0 Å². The molecule has 12 nitrogen and oxygen atoms in total. The van der Waals surface area contributed by atoms with Gasteiger partial charge in [0.25, 0.3) is 30.4 Å². The molecular weight excluding hydrogens is 631 g/mol. The monoisotopic (exact) mass is 661 g/mol. The summed E-state index contributed by atoms with van der Waals surface area (Å²) >= 11 is 0. The molecule has 3 aromatic rings. The number of nitrogens with zero attached hydrogens (tertiary/aromatic N) is 3. The Kier molecular flexibility index (Phi) is 12.0. The molecule has 15 heteroatoms. The summed E-state index contributed by atoms with van der Waals surface area (Å²) in [7, 11) is -13.1. The van der Waals surface area contributed by atoms with Crippen LogP contribution in [0.1, 0.15) is 16.7 Å². The molecule has 0 aromatic heterocycles. The van der Waals surface area contributed by atoms with E-state index in [9.17, 15) is 25.3 Å². The normalized spacial score (nSPS) is 14.0. The van der Waals surface area contributed by atoms with Gasteiger partial charge in [-0.1, -0.05) is 82.5 Å². The number of rotatable bonds is 15. The van der Waals surface area contributed by atoms with E-state index in [1.807, 2.05) is 0 Å². The third-order valence-corrected chi connectivity index (χ3v) is 9.90. The van der Waals surface area contributed by atoms with E-state index < -0.39 is 49.2 Å². The second-order valence-electron chi connectivity index (χ2n) is 9.48. The molecule has 0 aliphatic heterocycles. The van der Waals surface area contributed by atoms with E-state index in [0.29, 0.717) is 0 Å². The molecule has 234 valence electrons. The SMILES string of the molecule is Cc1ccc(S(=O)(=O)OC/C=C/[C@@H](OS(=O)(=O)c2ccc(C)cc2)[C@@H](/C=C/CN=[N+]=[N-])OS(=O)(=O)c2ccc(C)cc2)cc1. The smallest absolute Gasteiger partial charge is 0.262 e. The van der Waals surface area contributed by atoms with Crippen LogP contribution < -0.4 is 0 Å². The van der Waals surface area contributed by atoms with Gasteiger partial charge in [0, 0.05) is 11.5 Å². The van der Waals surface area contributed by atoms with Crippen LogP contribution >= 0.6 is 0 Å². The molecule has 0 radical (unpaired) electrons. The summed E-state index contributed by atoms with van der Waals surface area (Å²) in [5.41, 5.74) is 11.1. The molecule has 0 bridgehead atoms. The number of hydrogen-bond acceptors (Lipinski definition) is 10. The Morgan fingerprint density at radius 2 is 1.00 bits per heavy atom. The maximum Gasteiger partial charge on any atom is 0.297 e. The third-order valence-electron chi connectivity index (χ3n) is 5.95. The fourth-order valence-electron chi connectivity index (χ4n) is 3.58. The van der Waals surface area contributed by atoms with Crippen molar-refractivity contribution in [2.45, 2.75) is 47.7 Å². The van der Waals surface area contributed by atoms with E-state index in [0.717, 1.165) is 28.8 Å². The van der Waals surface area contributed by atoms with Crippen LogP contribution in [0.4, 0.5) is 0 Å². The van der Waals surface area contributed by atoms with Crippen molar-refractivity contribution in [2.75, 3.05) is 13.2 Å². The number of aryl methyl sites for hydroxylation is 3. The Morgan fingerprint density at radius 3 is 1.39 bits per heavy atom. The van der Waals surface area contributed by atoms with Gasteiger partial charge in [-0.25, -0.2) is 0 Å². The topological polar surface area (TPSA) is 179 Å². The Morgan fingerprint density at radius 1 is 0.636 bits per heavy atom. The van der Waals surface area contributed by atoms with Crippen molar-refractivity contribution >= 4 is 30.4 Å². The number of benzene rings is 3. The van der Waals surface area contributed by atoms with Gasteiger partial charge in [-0.3, -0.25) is 12.5 Å². The zero-order valence-corrected chi connectivity index (χ0v) is 26.5. The Labute approximate surface area is 257 Å². The second-order valence-corrected chi connectivity index (χ2v) is 14.2. The van der Waals surface area contributed by atoms with E-state index >= 15 is 0 Å². The lowest BCUT2D eigenvalue weighted by atomic mass is 10.2. The van der Waals surface area contributed by atoms with Crippen LogP contribution in [0.15, 0.2) is 117 Å². The van der Waals surface area contributed by atoms with Gasteiger partial charge < -0.3 is 0 Å². The number of hydrogen-bond donors (Lipinski definition) is 0. The van der Waals surface area contributed by atoms with Crippen molar-refractivity contribution in [3.8, 4) is 0 Å². The predicted octanol–water partition coefficient (Wildman–Crippen LogP) is 5.29. The summed E-state index contributed by atoms with van der Waals surface area (Å²) in [5, 5.41) is 3.36. The van der Waals surface area contributed by atoms with E-state index in [2.05, 4.69) is 10.0 Å².